The van der Waals surface area contributed by atoms with Crippen LogP contribution in [-0.4, -0.2) is 19.7 Å². The predicted octanol–water partition coefficient (Wildman–Crippen LogP) is 4.90. The standard InChI is InChI=1S/C24H31NO/c1-24-14-7-6-10-20(16-19-11-12-21(26-2)17-22(19)24)23(24)25-15-13-18-8-4-3-5-9-18/h3-5,8-9,11-12,17,20,23,25H,6-7,10,13-16H2,1-2H3/t20?,23?,24-/m1/s1. The molecule has 3 atom stereocenters. The van der Waals surface area contributed by atoms with Gasteiger partial charge in [0.1, 0.15) is 5.75 Å². The highest BCUT2D eigenvalue weighted by atomic mass is 16.5. The van der Waals surface area contributed by atoms with Gasteiger partial charge in [0.15, 0.2) is 0 Å². The first kappa shape index (κ1) is 17.6. The number of benzene rings is 2. The molecule has 2 aliphatic carbocycles. The Morgan fingerprint density at radius 3 is 2.77 bits per heavy atom. The predicted molar refractivity (Wildman–Crippen MR) is 108 cm³/mol. The lowest BCUT2D eigenvalue weighted by molar-refractivity contribution is 0.210. The first-order chi connectivity index (χ1) is 12.7. The first-order valence-electron chi connectivity index (χ1n) is 10.2. The molecular formula is C24H31NO. The van der Waals surface area contributed by atoms with Crippen LogP contribution >= 0.6 is 0 Å². The lowest BCUT2D eigenvalue weighted by atomic mass is 9.62. The molecule has 1 saturated carbocycles. The smallest absolute Gasteiger partial charge is 0.119 e. The highest BCUT2D eigenvalue weighted by Crippen LogP contribution is 2.48. The molecule has 2 aliphatic rings. The Labute approximate surface area is 158 Å². The largest absolute Gasteiger partial charge is 0.497 e. The normalized spacial score (nSPS) is 27.5. The van der Waals surface area contributed by atoms with Crippen molar-refractivity contribution in [1.82, 2.24) is 5.32 Å². The number of nitrogens with one attached hydrogen (secondary N) is 1. The van der Waals surface area contributed by atoms with Gasteiger partial charge in [0, 0.05) is 11.5 Å². The Morgan fingerprint density at radius 2 is 1.96 bits per heavy atom. The van der Waals surface area contributed by atoms with E-state index in [0.717, 1.165) is 24.6 Å². The van der Waals surface area contributed by atoms with Gasteiger partial charge in [-0.1, -0.05) is 56.2 Å². The zero-order valence-electron chi connectivity index (χ0n) is 16.1. The minimum atomic E-state index is 0.208. The van der Waals surface area contributed by atoms with E-state index in [1.807, 2.05) is 0 Å². The van der Waals surface area contributed by atoms with Crippen LogP contribution in [-0.2, 0) is 18.3 Å². The highest BCUT2D eigenvalue weighted by Gasteiger charge is 2.46. The Hall–Kier alpha value is -1.80. The quantitative estimate of drug-likeness (QED) is 0.829. The number of methoxy groups -OCH3 is 1. The molecule has 0 amide bonds. The van der Waals surface area contributed by atoms with Gasteiger partial charge in [0.05, 0.1) is 7.11 Å². The maximum absolute atomic E-state index is 5.55. The number of hydrogen-bond acceptors (Lipinski definition) is 2. The second-order valence-corrected chi connectivity index (χ2v) is 8.32. The van der Waals surface area contributed by atoms with Crippen molar-refractivity contribution in [2.75, 3.05) is 13.7 Å². The Kier molecular flexibility index (Phi) is 5.04. The van der Waals surface area contributed by atoms with Crippen molar-refractivity contribution in [2.45, 2.75) is 56.9 Å². The summed E-state index contributed by atoms with van der Waals surface area (Å²) in [6, 6.07) is 18.2. The summed E-state index contributed by atoms with van der Waals surface area (Å²) < 4.78 is 5.55. The summed E-state index contributed by atoms with van der Waals surface area (Å²) in [5.41, 5.74) is 4.69. The Morgan fingerprint density at radius 1 is 1.12 bits per heavy atom. The Balaban J connectivity index is 1.58. The van der Waals surface area contributed by atoms with Gasteiger partial charge < -0.3 is 10.1 Å². The summed E-state index contributed by atoms with van der Waals surface area (Å²) in [6.07, 6.45) is 7.63. The van der Waals surface area contributed by atoms with Crippen molar-refractivity contribution in [1.29, 1.82) is 0 Å². The lowest BCUT2D eigenvalue weighted by Crippen LogP contribution is -2.54. The van der Waals surface area contributed by atoms with Gasteiger partial charge in [0.25, 0.3) is 0 Å². The minimum absolute atomic E-state index is 0.208. The maximum atomic E-state index is 5.55. The van der Waals surface area contributed by atoms with E-state index in [1.54, 1.807) is 12.7 Å². The third-order valence-electron chi connectivity index (χ3n) is 6.71. The van der Waals surface area contributed by atoms with Gasteiger partial charge in [-0.05, 0) is 67.0 Å². The molecule has 0 saturated heterocycles. The summed E-state index contributed by atoms with van der Waals surface area (Å²) in [5.74, 6) is 1.75. The lowest BCUT2D eigenvalue weighted by Gasteiger charge is -2.47. The van der Waals surface area contributed by atoms with Crippen molar-refractivity contribution in [3.05, 3.63) is 65.2 Å². The number of rotatable bonds is 5. The third kappa shape index (κ3) is 3.27. The molecular weight excluding hydrogens is 318 g/mol. The van der Waals surface area contributed by atoms with Crippen molar-refractivity contribution < 1.29 is 4.74 Å². The molecule has 2 unspecified atom stereocenters. The molecule has 26 heavy (non-hydrogen) atoms. The van der Waals surface area contributed by atoms with Gasteiger partial charge in [-0.2, -0.15) is 0 Å². The second-order valence-electron chi connectivity index (χ2n) is 8.32. The highest BCUT2D eigenvalue weighted by molar-refractivity contribution is 5.44. The van der Waals surface area contributed by atoms with E-state index in [2.05, 4.69) is 60.8 Å². The molecule has 2 heteroatoms. The van der Waals surface area contributed by atoms with Crippen molar-refractivity contribution in [2.24, 2.45) is 5.92 Å². The maximum Gasteiger partial charge on any atom is 0.119 e. The number of hydrogen-bond donors (Lipinski definition) is 1. The van der Waals surface area contributed by atoms with Crippen LogP contribution in [0.25, 0.3) is 0 Å². The molecule has 2 aromatic carbocycles. The molecule has 138 valence electrons. The van der Waals surface area contributed by atoms with Gasteiger partial charge in [0.2, 0.25) is 0 Å². The Bertz CT molecular complexity index is 741. The fraction of sp³-hybridized carbons (Fsp3) is 0.500. The summed E-state index contributed by atoms with van der Waals surface area (Å²) in [6.45, 7) is 3.54. The van der Waals surface area contributed by atoms with E-state index in [0.29, 0.717) is 6.04 Å². The van der Waals surface area contributed by atoms with Crippen molar-refractivity contribution >= 4 is 0 Å². The van der Waals surface area contributed by atoms with E-state index in [9.17, 15) is 0 Å². The number of fused-ring (bicyclic) bond motifs is 4. The van der Waals surface area contributed by atoms with E-state index >= 15 is 0 Å². The van der Waals surface area contributed by atoms with Crippen molar-refractivity contribution in [3.8, 4) is 5.75 Å². The van der Waals surface area contributed by atoms with Gasteiger partial charge in [-0.15, -0.1) is 0 Å². The molecule has 0 aromatic heterocycles. The second kappa shape index (κ2) is 7.44. The zero-order valence-corrected chi connectivity index (χ0v) is 16.1. The van der Waals surface area contributed by atoms with Crippen LogP contribution < -0.4 is 10.1 Å². The molecule has 2 aromatic rings. The molecule has 0 aliphatic heterocycles. The van der Waals surface area contributed by atoms with Crippen molar-refractivity contribution in [3.63, 3.8) is 0 Å². The molecule has 0 heterocycles. The van der Waals surface area contributed by atoms with Gasteiger partial charge in [-0.3, -0.25) is 0 Å². The van der Waals surface area contributed by atoms with Crippen LogP contribution in [0.4, 0.5) is 0 Å². The first-order valence-corrected chi connectivity index (χ1v) is 10.2. The molecule has 1 N–H and O–H groups in total. The average Bonchev–Trinajstić information content (AvgIpc) is 2.78. The van der Waals surface area contributed by atoms with E-state index < -0.39 is 0 Å². The van der Waals surface area contributed by atoms with E-state index in [-0.39, 0.29) is 5.41 Å². The molecule has 0 spiro atoms. The monoisotopic (exact) mass is 349 g/mol. The third-order valence-corrected chi connectivity index (χ3v) is 6.71. The molecule has 2 bridgehead atoms. The molecule has 1 fully saturated rings. The van der Waals surface area contributed by atoms with Crippen LogP contribution in [0.1, 0.15) is 49.3 Å². The molecule has 4 rings (SSSR count). The van der Waals surface area contributed by atoms with E-state index in [1.165, 1.54) is 43.2 Å². The summed E-state index contributed by atoms with van der Waals surface area (Å²) in [7, 11) is 1.78. The summed E-state index contributed by atoms with van der Waals surface area (Å²) >= 11 is 0. The molecule has 2 nitrogen and oxygen atoms in total. The fourth-order valence-electron chi connectivity index (χ4n) is 5.35. The number of ether oxygens (including phenoxy) is 1. The van der Waals surface area contributed by atoms with Crippen LogP contribution in [0.2, 0.25) is 0 Å². The summed E-state index contributed by atoms with van der Waals surface area (Å²) in [5, 5.41) is 3.99. The zero-order chi connectivity index (χ0) is 18.0. The molecule has 0 radical (unpaired) electrons. The summed E-state index contributed by atoms with van der Waals surface area (Å²) in [4.78, 5) is 0. The fourth-order valence-corrected chi connectivity index (χ4v) is 5.35. The SMILES string of the molecule is COc1ccc2c(c1)[C@@]1(C)CCCCC(C2)C1NCCc1ccccc1. The van der Waals surface area contributed by atoms with E-state index in [4.69, 9.17) is 4.74 Å². The van der Waals surface area contributed by atoms with Crippen LogP contribution in [0, 0.1) is 5.92 Å². The van der Waals surface area contributed by atoms with Crippen LogP contribution in [0.15, 0.2) is 48.5 Å². The van der Waals surface area contributed by atoms with Crippen LogP contribution in [0.3, 0.4) is 0 Å². The van der Waals surface area contributed by atoms with Gasteiger partial charge >= 0.3 is 0 Å². The average molecular weight is 350 g/mol. The van der Waals surface area contributed by atoms with Crippen LogP contribution in [0.5, 0.6) is 5.75 Å². The van der Waals surface area contributed by atoms with Gasteiger partial charge in [-0.25, -0.2) is 0 Å². The topological polar surface area (TPSA) is 21.3 Å². The minimum Gasteiger partial charge on any atom is -0.497 e.